The highest BCUT2D eigenvalue weighted by molar-refractivity contribution is 7.95. The predicted octanol–water partition coefficient (Wildman–Crippen LogP) is 5.36. The zero-order chi connectivity index (χ0) is 25.5. The Hall–Kier alpha value is -4.02. The molecule has 1 N–H and O–H groups in total. The summed E-state index contributed by atoms with van der Waals surface area (Å²) in [6.07, 6.45) is 5.39. The fraction of sp³-hybridized carbons (Fsp3) is 0.120. The van der Waals surface area contributed by atoms with Crippen molar-refractivity contribution in [1.29, 1.82) is 0 Å². The van der Waals surface area contributed by atoms with Gasteiger partial charge in [-0.05, 0) is 41.8 Å². The second-order valence-electron chi connectivity index (χ2n) is 7.39. The number of ether oxygens (including phenoxy) is 2. The molecule has 2 aromatic heterocycles. The van der Waals surface area contributed by atoms with Gasteiger partial charge in [-0.3, -0.25) is 4.72 Å². The van der Waals surface area contributed by atoms with Crippen molar-refractivity contribution in [2.45, 2.75) is 13.3 Å². The van der Waals surface area contributed by atoms with E-state index in [0.29, 0.717) is 11.5 Å². The summed E-state index contributed by atoms with van der Waals surface area (Å²) in [6.45, 7) is 2.05. The Labute approximate surface area is 213 Å². The van der Waals surface area contributed by atoms with Gasteiger partial charge in [-0.1, -0.05) is 54.9 Å². The molecule has 9 nitrogen and oxygen atoms in total. The Morgan fingerprint density at radius 3 is 2.31 bits per heavy atom. The van der Waals surface area contributed by atoms with Crippen molar-refractivity contribution in [2.24, 2.45) is 0 Å². The minimum Gasteiger partial charge on any atom is -0.493 e. The van der Waals surface area contributed by atoms with E-state index in [0.717, 1.165) is 23.0 Å². The third-order valence-corrected chi connectivity index (χ3v) is 6.17. The van der Waals surface area contributed by atoms with Crippen molar-refractivity contribution in [1.82, 2.24) is 19.9 Å². The van der Waals surface area contributed by atoms with Gasteiger partial charge in [0.05, 0.1) is 12.5 Å². The van der Waals surface area contributed by atoms with Gasteiger partial charge in [0.25, 0.3) is 10.0 Å². The molecule has 0 radical (unpaired) electrons. The van der Waals surface area contributed by atoms with Gasteiger partial charge < -0.3 is 9.47 Å². The zero-order valence-corrected chi connectivity index (χ0v) is 21.0. The number of hydrogen-bond donors (Lipinski definition) is 1. The molecule has 0 saturated carbocycles. The van der Waals surface area contributed by atoms with Gasteiger partial charge in [-0.15, -0.1) is 0 Å². The lowest BCUT2D eigenvalue weighted by Gasteiger charge is -2.15. The van der Waals surface area contributed by atoms with E-state index in [-0.39, 0.29) is 28.4 Å². The van der Waals surface area contributed by atoms with Gasteiger partial charge in [0.1, 0.15) is 0 Å². The fourth-order valence-corrected chi connectivity index (χ4v) is 4.13. The minimum atomic E-state index is -4.03. The number of rotatable bonds is 9. The molecule has 0 aliphatic rings. The molecule has 36 heavy (non-hydrogen) atoms. The molecule has 0 aliphatic carbocycles. The van der Waals surface area contributed by atoms with Crippen molar-refractivity contribution in [2.75, 3.05) is 11.8 Å². The molecule has 0 amide bonds. The summed E-state index contributed by atoms with van der Waals surface area (Å²) < 4.78 is 39.6. The maximum Gasteiger partial charge on any atom is 0.256 e. The molecule has 0 bridgehead atoms. The highest BCUT2D eigenvalue weighted by atomic mass is 35.5. The fourth-order valence-electron chi connectivity index (χ4n) is 3.11. The van der Waals surface area contributed by atoms with Crippen LogP contribution in [0.3, 0.4) is 0 Å². The molecule has 0 aliphatic heterocycles. The summed E-state index contributed by atoms with van der Waals surface area (Å²) in [5.41, 5.74) is 1.87. The van der Waals surface area contributed by atoms with Gasteiger partial charge in [0.2, 0.25) is 11.6 Å². The number of benzene rings is 2. The van der Waals surface area contributed by atoms with Crippen LogP contribution in [0.25, 0.3) is 17.7 Å². The number of nitrogens with zero attached hydrogens (tertiary/aromatic N) is 4. The van der Waals surface area contributed by atoms with Gasteiger partial charge in [0.15, 0.2) is 28.3 Å². The summed E-state index contributed by atoms with van der Waals surface area (Å²) >= 11 is 6.43. The number of sulfonamides is 1. The lowest BCUT2D eigenvalue weighted by Crippen LogP contribution is -2.13. The number of nitrogens with one attached hydrogen (secondary N) is 1. The molecule has 0 unspecified atom stereocenters. The normalized spacial score (nSPS) is 11.4. The Balaban J connectivity index is 1.72. The number of para-hydroxylation sites is 2. The van der Waals surface area contributed by atoms with Gasteiger partial charge in [0, 0.05) is 12.4 Å². The molecule has 184 valence electrons. The van der Waals surface area contributed by atoms with Crippen LogP contribution in [0.2, 0.25) is 5.15 Å². The van der Waals surface area contributed by atoms with Crippen molar-refractivity contribution in [3.63, 3.8) is 0 Å². The van der Waals surface area contributed by atoms with Gasteiger partial charge in [-0.2, -0.15) is 0 Å². The van der Waals surface area contributed by atoms with Crippen LogP contribution >= 0.6 is 11.6 Å². The first-order valence-corrected chi connectivity index (χ1v) is 12.8. The van der Waals surface area contributed by atoms with Crippen molar-refractivity contribution in [3.8, 4) is 28.9 Å². The van der Waals surface area contributed by atoms with Crippen LogP contribution in [0.5, 0.6) is 17.2 Å². The van der Waals surface area contributed by atoms with E-state index in [1.807, 2.05) is 31.2 Å². The molecule has 0 fully saturated rings. The molecule has 0 atom stereocenters. The third-order valence-electron chi connectivity index (χ3n) is 4.94. The van der Waals surface area contributed by atoms with Crippen LogP contribution in [-0.4, -0.2) is 35.5 Å². The molecule has 11 heteroatoms. The monoisotopic (exact) mass is 523 g/mol. The second kappa shape index (κ2) is 11.1. The summed E-state index contributed by atoms with van der Waals surface area (Å²) in [5.74, 6) is 0.592. The van der Waals surface area contributed by atoms with Gasteiger partial charge in [-0.25, -0.2) is 28.4 Å². The van der Waals surface area contributed by atoms with Crippen molar-refractivity contribution < 1.29 is 17.9 Å². The first-order chi connectivity index (χ1) is 17.4. The van der Waals surface area contributed by atoms with Crippen LogP contribution in [0, 0.1) is 0 Å². The molecule has 4 rings (SSSR count). The summed E-state index contributed by atoms with van der Waals surface area (Å²) in [5, 5.41) is 0.894. The number of anilines is 1. The lowest BCUT2D eigenvalue weighted by atomic mass is 10.1. The molecule has 0 spiro atoms. The number of methoxy groups -OCH3 is 1. The number of hydrogen-bond acceptors (Lipinski definition) is 8. The van der Waals surface area contributed by atoms with E-state index in [9.17, 15) is 8.42 Å². The Morgan fingerprint density at radius 2 is 1.64 bits per heavy atom. The average Bonchev–Trinajstić information content (AvgIpc) is 2.90. The van der Waals surface area contributed by atoms with Crippen LogP contribution in [0.15, 0.2) is 72.4 Å². The minimum absolute atomic E-state index is 0.0183. The summed E-state index contributed by atoms with van der Waals surface area (Å²) in [4.78, 5) is 16.7. The maximum absolute atomic E-state index is 13.0. The first kappa shape index (κ1) is 25.1. The van der Waals surface area contributed by atoms with E-state index in [4.69, 9.17) is 21.1 Å². The van der Waals surface area contributed by atoms with E-state index >= 15 is 0 Å². The van der Waals surface area contributed by atoms with E-state index in [2.05, 4.69) is 24.7 Å². The van der Waals surface area contributed by atoms with Crippen LogP contribution < -0.4 is 14.2 Å². The van der Waals surface area contributed by atoms with E-state index < -0.39 is 10.0 Å². The quantitative estimate of drug-likeness (QED) is 0.291. The Bertz CT molecular complexity index is 1480. The molecule has 4 aromatic rings. The topological polar surface area (TPSA) is 116 Å². The smallest absolute Gasteiger partial charge is 0.256 e. The highest BCUT2D eigenvalue weighted by Gasteiger charge is 2.22. The molecule has 2 heterocycles. The third kappa shape index (κ3) is 6.15. The maximum atomic E-state index is 13.0. The number of aryl methyl sites for hydroxylation is 1. The number of aromatic nitrogens is 4. The Kier molecular flexibility index (Phi) is 7.77. The highest BCUT2D eigenvalue weighted by Crippen LogP contribution is 2.39. The molecular formula is C25H22ClN5O4S. The number of halogens is 1. The largest absolute Gasteiger partial charge is 0.493 e. The van der Waals surface area contributed by atoms with Crippen LogP contribution in [0.1, 0.15) is 18.1 Å². The molecular weight excluding hydrogens is 502 g/mol. The average molecular weight is 524 g/mol. The van der Waals surface area contributed by atoms with E-state index in [1.54, 1.807) is 30.3 Å². The standard InChI is InChI=1S/C25H22ClN5O4S/c1-3-17-9-11-18(12-10-17)13-16-36(32,33)31-23-21(35-20-8-5-4-7-19(20)34-2)22(26)29-25(30-23)24-27-14-6-15-28-24/h4-16H,3H2,1-2H3,(H,29,30,31)/b16-13+. The molecule has 2 aromatic carbocycles. The van der Waals surface area contributed by atoms with Crippen molar-refractivity contribution in [3.05, 3.63) is 88.7 Å². The summed E-state index contributed by atoms with van der Waals surface area (Å²) in [7, 11) is -2.54. The summed E-state index contributed by atoms with van der Waals surface area (Å²) in [6, 6.07) is 16.0. The van der Waals surface area contributed by atoms with Crippen LogP contribution in [-0.2, 0) is 16.4 Å². The zero-order valence-electron chi connectivity index (χ0n) is 19.4. The SMILES string of the molecule is CCc1ccc(/C=C/S(=O)(=O)Nc2nc(-c3ncccn3)nc(Cl)c2Oc2ccccc2OC)cc1. The van der Waals surface area contributed by atoms with Gasteiger partial charge >= 0.3 is 0 Å². The first-order valence-electron chi connectivity index (χ1n) is 10.8. The molecule has 0 saturated heterocycles. The lowest BCUT2D eigenvalue weighted by molar-refractivity contribution is 0.378. The van der Waals surface area contributed by atoms with Crippen molar-refractivity contribution >= 4 is 33.5 Å². The van der Waals surface area contributed by atoms with E-state index in [1.165, 1.54) is 25.6 Å². The predicted molar refractivity (Wildman–Crippen MR) is 139 cm³/mol. The van der Waals surface area contributed by atoms with Crippen LogP contribution in [0.4, 0.5) is 5.82 Å². The Morgan fingerprint density at radius 1 is 0.944 bits per heavy atom. The second-order valence-corrected chi connectivity index (χ2v) is 9.31.